The number of aryl methyl sites for hydroxylation is 1. The highest BCUT2D eigenvalue weighted by Crippen LogP contribution is 2.49. The van der Waals surface area contributed by atoms with Crippen molar-refractivity contribution in [3.05, 3.63) is 46.6 Å². The molecule has 52 heavy (non-hydrogen) atoms. The second-order valence-electron chi connectivity index (χ2n) is 15.0. The molecule has 2 aromatic rings. The van der Waals surface area contributed by atoms with Gasteiger partial charge >= 0.3 is 6.09 Å². The summed E-state index contributed by atoms with van der Waals surface area (Å²) in [5.74, 6) is -3.04. The summed E-state index contributed by atoms with van der Waals surface area (Å²) in [6, 6.07) is 2.17. The quantitative estimate of drug-likeness (QED) is 0.318. The molecular formula is C35H40ClF2N5O8S. The van der Waals surface area contributed by atoms with Crippen LogP contribution >= 0.6 is 11.6 Å². The van der Waals surface area contributed by atoms with E-state index in [4.69, 9.17) is 16.3 Å². The third-order valence-electron chi connectivity index (χ3n) is 11.3. The zero-order valence-corrected chi connectivity index (χ0v) is 30.0. The number of carboxylic acid groups (broad SMARTS) is 1. The Labute approximate surface area is 303 Å². The number of hydrogen-bond donors (Lipinski definition) is 4. The number of rotatable bonds is 5. The number of alkyl halides is 2. The lowest BCUT2D eigenvalue weighted by atomic mass is 9.87. The number of benzene rings is 1. The summed E-state index contributed by atoms with van der Waals surface area (Å²) >= 11 is 6.25. The standard InChI is InChI=1S/C35H40ClF2N5O8S/c1-33(13-14-33)52(49,50)42-31(46)35-16-19(35)7-5-3-2-4-6-8-24(40-32(47)48)30(45)43-18-34(17-25(43)29(44)41-35)12-11-21-22-15-20(36)9-10-23(22)39-26(28(37)38)27(21)51-34/h5,7,9-10,15,19,24-25,28,40H,2-4,6,8,11-14,16-18H2,1H3,(H,41,44)(H,42,46)(H,47,48)/t19-,24+,25+,34-,35-/m1/s1. The van der Waals surface area contributed by atoms with Crippen LogP contribution in [0, 0.1) is 5.92 Å². The number of nitrogens with one attached hydrogen (secondary N) is 3. The fourth-order valence-corrected chi connectivity index (χ4v) is 9.31. The molecule has 7 rings (SSSR count). The average Bonchev–Trinajstić information content (AvgIpc) is 3.97. The Hall–Kier alpha value is -4.05. The van der Waals surface area contributed by atoms with E-state index in [0.29, 0.717) is 60.0 Å². The summed E-state index contributed by atoms with van der Waals surface area (Å²) in [6.07, 6.45) is 2.98. The molecule has 280 valence electrons. The summed E-state index contributed by atoms with van der Waals surface area (Å²) in [6.45, 7) is 1.30. The number of sulfonamides is 1. The van der Waals surface area contributed by atoms with Gasteiger partial charge in [0.05, 0.1) is 16.8 Å². The molecule has 5 atom stereocenters. The largest absolute Gasteiger partial charge is 0.483 e. The molecule has 4 amide bonds. The first kappa shape index (κ1) is 36.3. The van der Waals surface area contributed by atoms with E-state index >= 15 is 0 Å². The topological polar surface area (TPSA) is 184 Å². The second kappa shape index (κ2) is 13.1. The van der Waals surface area contributed by atoms with Crippen LogP contribution in [0.4, 0.5) is 13.6 Å². The number of carbonyl (C=O) groups excluding carboxylic acids is 3. The number of fused-ring (bicyclic) bond motifs is 5. The van der Waals surface area contributed by atoms with Gasteiger partial charge < -0.3 is 25.4 Å². The van der Waals surface area contributed by atoms with Gasteiger partial charge in [-0.15, -0.1) is 0 Å². The fourth-order valence-electron chi connectivity index (χ4n) is 7.82. The minimum atomic E-state index is -4.05. The van der Waals surface area contributed by atoms with E-state index < -0.39 is 79.8 Å². The van der Waals surface area contributed by atoms with E-state index in [0.717, 1.165) is 0 Å². The van der Waals surface area contributed by atoms with E-state index in [1.54, 1.807) is 24.3 Å². The van der Waals surface area contributed by atoms with Gasteiger partial charge in [0, 0.05) is 28.3 Å². The number of halogens is 3. The minimum absolute atomic E-state index is 0.116. The summed E-state index contributed by atoms with van der Waals surface area (Å²) < 4.78 is 62.7. The molecule has 1 spiro atoms. The van der Waals surface area contributed by atoms with Crippen molar-refractivity contribution in [1.29, 1.82) is 0 Å². The molecular weight excluding hydrogens is 724 g/mol. The summed E-state index contributed by atoms with van der Waals surface area (Å²) in [5, 5.41) is 15.6. The van der Waals surface area contributed by atoms with Crippen molar-refractivity contribution in [3.63, 3.8) is 0 Å². The van der Waals surface area contributed by atoms with Crippen LogP contribution in [0.2, 0.25) is 5.02 Å². The maximum absolute atomic E-state index is 14.5. The Kier molecular flexibility index (Phi) is 9.16. The fraction of sp³-hybridized carbons (Fsp3) is 0.571. The number of allylic oxidation sites excluding steroid dienone is 1. The third-order valence-corrected chi connectivity index (χ3v) is 13.7. The second-order valence-corrected chi connectivity index (χ2v) is 17.6. The molecule has 2 saturated carbocycles. The highest BCUT2D eigenvalue weighted by Gasteiger charge is 2.64. The van der Waals surface area contributed by atoms with Crippen LogP contribution in [0.1, 0.15) is 88.8 Å². The van der Waals surface area contributed by atoms with Crippen molar-refractivity contribution in [1.82, 2.24) is 25.2 Å². The Morgan fingerprint density at radius 2 is 1.92 bits per heavy atom. The van der Waals surface area contributed by atoms with Crippen LogP contribution in [-0.2, 0) is 30.8 Å². The van der Waals surface area contributed by atoms with Crippen LogP contribution < -0.4 is 20.1 Å². The normalized spacial score (nSPS) is 29.9. The van der Waals surface area contributed by atoms with Crippen molar-refractivity contribution in [2.45, 2.75) is 112 Å². The molecule has 0 bridgehead atoms. The van der Waals surface area contributed by atoms with Gasteiger partial charge in [-0.05, 0) is 76.5 Å². The Morgan fingerprint density at radius 3 is 2.63 bits per heavy atom. The van der Waals surface area contributed by atoms with Crippen molar-refractivity contribution in [2.24, 2.45) is 5.92 Å². The van der Waals surface area contributed by atoms with Crippen LogP contribution in [0.5, 0.6) is 5.75 Å². The number of amides is 4. The lowest BCUT2D eigenvalue weighted by Crippen LogP contribution is -2.58. The van der Waals surface area contributed by atoms with E-state index in [2.05, 4.69) is 20.3 Å². The van der Waals surface area contributed by atoms with Gasteiger partial charge in [0.1, 0.15) is 28.9 Å². The summed E-state index contributed by atoms with van der Waals surface area (Å²) in [7, 11) is -4.05. The third kappa shape index (κ3) is 6.56. The van der Waals surface area contributed by atoms with Gasteiger partial charge in [-0.25, -0.2) is 27.0 Å². The van der Waals surface area contributed by atoms with Gasteiger partial charge in [0.2, 0.25) is 21.8 Å². The molecule has 1 aromatic heterocycles. The predicted molar refractivity (Wildman–Crippen MR) is 184 cm³/mol. The lowest BCUT2D eigenvalue weighted by molar-refractivity contribution is -0.141. The van der Waals surface area contributed by atoms with Gasteiger partial charge in [-0.2, -0.15) is 0 Å². The zero-order chi connectivity index (χ0) is 37.2. The zero-order valence-electron chi connectivity index (χ0n) is 28.4. The molecule has 3 aliphatic heterocycles. The smallest absolute Gasteiger partial charge is 0.405 e. The average molecular weight is 764 g/mol. The minimum Gasteiger partial charge on any atom is -0.483 e. The molecule has 0 radical (unpaired) electrons. The number of aromatic nitrogens is 1. The SMILES string of the molecule is CC1(S(=O)(=O)NC(=O)[C@@]23C[C@H]2C=CCCCCC[C@H](NC(=O)O)C(=O)N2C[C@@]4(CCc5c(c(C(F)F)nc6ccc(Cl)cc56)O4)C[C@H]2C(=O)N3)CC1. The molecule has 3 fully saturated rings. The number of nitrogens with zero attached hydrogens (tertiary/aromatic N) is 2. The molecule has 4 N–H and O–H groups in total. The maximum atomic E-state index is 14.5. The van der Waals surface area contributed by atoms with Crippen molar-refractivity contribution in [2.75, 3.05) is 6.54 Å². The molecule has 13 nitrogen and oxygen atoms in total. The van der Waals surface area contributed by atoms with Gasteiger partial charge in [-0.1, -0.05) is 36.6 Å². The Morgan fingerprint density at radius 1 is 1.15 bits per heavy atom. The van der Waals surface area contributed by atoms with Crippen molar-refractivity contribution < 1.29 is 46.2 Å². The van der Waals surface area contributed by atoms with Gasteiger partial charge in [0.25, 0.3) is 12.3 Å². The van der Waals surface area contributed by atoms with Crippen molar-refractivity contribution >= 4 is 56.3 Å². The molecule has 1 saturated heterocycles. The molecule has 1 aromatic carbocycles. The highest BCUT2D eigenvalue weighted by atomic mass is 35.5. The predicted octanol–water partition coefficient (Wildman–Crippen LogP) is 4.52. The first-order valence-corrected chi connectivity index (χ1v) is 19.4. The van der Waals surface area contributed by atoms with E-state index in [1.165, 1.54) is 11.8 Å². The van der Waals surface area contributed by atoms with Gasteiger partial charge in [-0.3, -0.25) is 19.1 Å². The molecule has 2 aliphatic carbocycles. The van der Waals surface area contributed by atoms with E-state index in [-0.39, 0.29) is 44.4 Å². The van der Waals surface area contributed by atoms with Gasteiger partial charge in [0.15, 0.2) is 5.75 Å². The van der Waals surface area contributed by atoms with E-state index in [9.17, 15) is 41.5 Å². The van der Waals surface area contributed by atoms with Crippen LogP contribution in [0.3, 0.4) is 0 Å². The molecule has 0 unspecified atom stereocenters. The Balaban J connectivity index is 1.25. The van der Waals surface area contributed by atoms with Crippen LogP contribution in [0.15, 0.2) is 30.4 Å². The number of pyridine rings is 1. The lowest BCUT2D eigenvalue weighted by Gasteiger charge is -2.37. The number of hydrogen-bond acceptors (Lipinski definition) is 8. The first-order valence-electron chi connectivity index (χ1n) is 17.5. The molecule has 5 aliphatic rings. The summed E-state index contributed by atoms with van der Waals surface area (Å²) in [4.78, 5) is 59.6. The van der Waals surface area contributed by atoms with Crippen LogP contribution in [0.25, 0.3) is 10.9 Å². The van der Waals surface area contributed by atoms with E-state index in [1.807, 2.05) is 6.08 Å². The van der Waals surface area contributed by atoms with Crippen molar-refractivity contribution in [3.8, 4) is 5.75 Å². The monoisotopic (exact) mass is 763 g/mol. The molecule has 17 heteroatoms. The molecule has 4 heterocycles. The van der Waals surface area contributed by atoms with Crippen LogP contribution in [-0.4, -0.2) is 81.7 Å². The Bertz CT molecular complexity index is 1990. The maximum Gasteiger partial charge on any atom is 0.405 e. The number of ether oxygens (including phenoxy) is 1. The first-order chi connectivity index (χ1) is 24.6. The highest BCUT2D eigenvalue weighted by molar-refractivity contribution is 7.91. The summed E-state index contributed by atoms with van der Waals surface area (Å²) in [5.41, 5.74) is -2.80. The number of carbonyl (C=O) groups is 4.